The van der Waals surface area contributed by atoms with Gasteiger partial charge in [-0.2, -0.15) is 15.0 Å². The summed E-state index contributed by atoms with van der Waals surface area (Å²) < 4.78 is 18.7. The maximum atomic E-state index is 13.1. The molecule has 22 heavy (non-hydrogen) atoms. The predicted molar refractivity (Wildman–Crippen MR) is 82.7 cm³/mol. The highest BCUT2D eigenvalue weighted by Crippen LogP contribution is 2.08. The summed E-state index contributed by atoms with van der Waals surface area (Å²) in [5.41, 5.74) is 6.40. The van der Waals surface area contributed by atoms with Crippen molar-refractivity contribution in [2.45, 2.75) is 32.9 Å². The lowest BCUT2D eigenvalue weighted by Crippen LogP contribution is -2.26. The Labute approximate surface area is 129 Å². The van der Waals surface area contributed by atoms with Gasteiger partial charge in [0.25, 0.3) is 0 Å². The van der Waals surface area contributed by atoms with Crippen LogP contribution in [0.4, 0.5) is 16.3 Å². The minimum absolute atomic E-state index is 0.0368. The molecule has 1 unspecified atom stereocenters. The maximum Gasteiger partial charge on any atom is 0.228 e. The number of anilines is 2. The van der Waals surface area contributed by atoms with Crippen molar-refractivity contribution in [2.75, 3.05) is 17.7 Å². The molecule has 0 saturated heterocycles. The van der Waals surface area contributed by atoms with Crippen molar-refractivity contribution in [3.63, 3.8) is 0 Å². The molecule has 0 fully saturated rings. The molecule has 0 aliphatic carbocycles. The van der Waals surface area contributed by atoms with E-state index in [9.17, 15) is 4.39 Å². The van der Waals surface area contributed by atoms with Gasteiger partial charge in [-0.25, -0.2) is 4.39 Å². The molecule has 7 heteroatoms. The molecular weight excluding hydrogens is 285 g/mol. The van der Waals surface area contributed by atoms with Crippen molar-refractivity contribution in [1.29, 1.82) is 0 Å². The van der Waals surface area contributed by atoms with Gasteiger partial charge < -0.3 is 15.8 Å². The molecular formula is C15H20FN5O. The Morgan fingerprint density at radius 1 is 1.32 bits per heavy atom. The van der Waals surface area contributed by atoms with E-state index >= 15 is 0 Å². The van der Waals surface area contributed by atoms with E-state index in [0.29, 0.717) is 25.0 Å². The van der Waals surface area contributed by atoms with Gasteiger partial charge in [-0.3, -0.25) is 0 Å². The van der Waals surface area contributed by atoms with Crippen LogP contribution in [-0.4, -0.2) is 27.6 Å². The molecule has 2 aromatic rings. The van der Waals surface area contributed by atoms with Crippen molar-refractivity contribution >= 4 is 11.9 Å². The van der Waals surface area contributed by atoms with Gasteiger partial charge in [0.05, 0.1) is 19.3 Å². The maximum absolute atomic E-state index is 13.1. The van der Waals surface area contributed by atoms with Crippen LogP contribution in [0.2, 0.25) is 0 Å². The number of nitrogens with one attached hydrogen (secondary N) is 1. The second-order valence-corrected chi connectivity index (χ2v) is 4.96. The first-order chi connectivity index (χ1) is 10.6. The van der Waals surface area contributed by atoms with Crippen LogP contribution in [0.5, 0.6) is 0 Å². The molecule has 118 valence electrons. The zero-order valence-electron chi connectivity index (χ0n) is 12.7. The Bertz CT molecular complexity index is 602. The van der Waals surface area contributed by atoms with E-state index in [0.717, 1.165) is 12.0 Å². The molecule has 1 heterocycles. The van der Waals surface area contributed by atoms with Crippen molar-refractivity contribution in [3.05, 3.63) is 41.5 Å². The summed E-state index contributed by atoms with van der Waals surface area (Å²) in [5.74, 6) is 0.921. The summed E-state index contributed by atoms with van der Waals surface area (Å²) in [6.07, 6.45) is 0.827. The summed E-state index contributed by atoms with van der Waals surface area (Å²) in [5, 5.41) is 3.17. The lowest BCUT2D eigenvalue weighted by atomic mass is 10.2. The number of aromatic nitrogens is 3. The van der Waals surface area contributed by atoms with Crippen molar-refractivity contribution in [1.82, 2.24) is 15.0 Å². The number of ether oxygens (including phenoxy) is 1. The van der Waals surface area contributed by atoms with Gasteiger partial charge in [0.15, 0.2) is 0 Å². The average Bonchev–Trinajstić information content (AvgIpc) is 2.45. The van der Waals surface area contributed by atoms with Crippen LogP contribution in [0.15, 0.2) is 24.3 Å². The molecule has 3 N–H and O–H groups in total. The monoisotopic (exact) mass is 305 g/mol. The summed E-state index contributed by atoms with van der Waals surface area (Å²) in [6, 6.07) is 6.40. The first-order valence-electron chi connectivity index (χ1n) is 7.13. The van der Waals surface area contributed by atoms with Crippen LogP contribution in [-0.2, 0) is 11.3 Å². The molecule has 0 radical (unpaired) electrons. The molecule has 0 aliphatic heterocycles. The number of hydrogen-bond donors (Lipinski definition) is 2. The summed E-state index contributed by atoms with van der Waals surface area (Å²) in [6.45, 7) is 4.59. The lowest BCUT2D eigenvalue weighted by Gasteiger charge is -2.17. The average molecular weight is 305 g/mol. The second-order valence-electron chi connectivity index (χ2n) is 4.96. The first-order valence-corrected chi connectivity index (χ1v) is 7.13. The summed E-state index contributed by atoms with van der Waals surface area (Å²) >= 11 is 0. The number of nitrogens with two attached hydrogens (primary N) is 1. The molecule has 0 amide bonds. The van der Waals surface area contributed by atoms with Gasteiger partial charge in [-0.1, -0.05) is 19.1 Å². The topological polar surface area (TPSA) is 86.0 Å². The Balaban J connectivity index is 1.86. The van der Waals surface area contributed by atoms with Crippen LogP contribution < -0.4 is 11.1 Å². The van der Waals surface area contributed by atoms with E-state index in [1.165, 1.54) is 12.1 Å². The molecule has 1 aromatic carbocycles. The van der Waals surface area contributed by atoms with Crippen LogP contribution in [0.25, 0.3) is 0 Å². The zero-order valence-corrected chi connectivity index (χ0v) is 12.7. The van der Waals surface area contributed by atoms with E-state index in [1.54, 1.807) is 13.0 Å². The number of nitrogen functional groups attached to an aromatic ring is 1. The predicted octanol–water partition coefficient (Wildman–Crippen LogP) is 2.31. The molecule has 0 spiro atoms. The van der Waals surface area contributed by atoms with Crippen molar-refractivity contribution in [2.24, 2.45) is 0 Å². The number of halogens is 1. The fourth-order valence-electron chi connectivity index (χ4n) is 1.96. The number of rotatable bonds is 7. The quantitative estimate of drug-likeness (QED) is 0.816. The number of hydrogen-bond acceptors (Lipinski definition) is 6. The van der Waals surface area contributed by atoms with Crippen LogP contribution in [0, 0.1) is 12.7 Å². The molecule has 0 bridgehead atoms. The minimum Gasteiger partial charge on any atom is -0.375 e. The van der Waals surface area contributed by atoms with Gasteiger partial charge in [-0.05, 0) is 31.0 Å². The Kier molecular flexibility index (Phi) is 5.60. The molecule has 0 saturated carbocycles. The van der Waals surface area contributed by atoms with E-state index in [2.05, 4.69) is 20.3 Å². The normalized spacial score (nSPS) is 12.1. The minimum atomic E-state index is -0.262. The molecule has 1 atom stereocenters. The molecule has 2 rings (SSSR count). The molecule has 1 aromatic heterocycles. The lowest BCUT2D eigenvalue weighted by molar-refractivity contribution is 0.111. The third kappa shape index (κ3) is 4.92. The van der Waals surface area contributed by atoms with Gasteiger partial charge in [0, 0.05) is 0 Å². The van der Waals surface area contributed by atoms with Crippen LogP contribution in [0.1, 0.15) is 24.7 Å². The fraction of sp³-hybridized carbons (Fsp3) is 0.400. The summed E-state index contributed by atoms with van der Waals surface area (Å²) in [4.78, 5) is 12.1. The van der Waals surface area contributed by atoms with E-state index in [1.807, 2.05) is 13.0 Å². The Morgan fingerprint density at radius 2 is 2.14 bits per heavy atom. The molecule has 6 nitrogen and oxygen atoms in total. The van der Waals surface area contributed by atoms with Gasteiger partial charge in [-0.15, -0.1) is 0 Å². The Hall–Kier alpha value is -2.28. The highest BCUT2D eigenvalue weighted by molar-refractivity contribution is 5.31. The highest BCUT2D eigenvalue weighted by Gasteiger charge is 2.10. The third-order valence-corrected chi connectivity index (χ3v) is 3.07. The Morgan fingerprint density at radius 3 is 2.82 bits per heavy atom. The van der Waals surface area contributed by atoms with Crippen molar-refractivity contribution in [3.8, 4) is 0 Å². The van der Waals surface area contributed by atoms with E-state index in [4.69, 9.17) is 10.5 Å². The number of aryl methyl sites for hydroxylation is 1. The standard InChI is InChI=1S/C15H20FN5O/c1-3-13(20-15-19-10(2)18-14(17)21-15)9-22-8-11-5-4-6-12(16)7-11/h4-7,13H,3,8-9H2,1-2H3,(H3,17,18,19,20,21). The van der Waals surface area contributed by atoms with E-state index in [-0.39, 0.29) is 17.8 Å². The first kappa shape index (κ1) is 16.1. The van der Waals surface area contributed by atoms with Crippen LogP contribution >= 0.6 is 0 Å². The molecule has 0 aliphatic rings. The van der Waals surface area contributed by atoms with Crippen molar-refractivity contribution < 1.29 is 9.13 Å². The van der Waals surface area contributed by atoms with E-state index < -0.39 is 0 Å². The highest BCUT2D eigenvalue weighted by atomic mass is 19.1. The second kappa shape index (κ2) is 7.65. The largest absolute Gasteiger partial charge is 0.375 e. The van der Waals surface area contributed by atoms with Gasteiger partial charge in [0.2, 0.25) is 11.9 Å². The number of nitrogens with zero attached hydrogens (tertiary/aromatic N) is 3. The summed E-state index contributed by atoms with van der Waals surface area (Å²) in [7, 11) is 0. The third-order valence-electron chi connectivity index (χ3n) is 3.07. The SMILES string of the molecule is CCC(COCc1cccc(F)c1)Nc1nc(C)nc(N)n1. The van der Waals surface area contributed by atoms with Gasteiger partial charge in [0.1, 0.15) is 11.6 Å². The smallest absolute Gasteiger partial charge is 0.228 e. The zero-order chi connectivity index (χ0) is 15.9. The van der Waals surface area contributed by atoms with Crippen LogP contribution in [0.3, 0.4) is 0 Å². The number of benzene rings is 1. The fourth-order valence-corrected chi connectivity index (χ4v) is 1.96. The van der Waals surface area contributed by atoms with Gasteiger partial charge >= 0.3 is 0 Å².